The van der Waals surface area contributed by atoms with Crippen molar-refractivity contribution < 1.29 is 24.3 Å². The molecule has 1 heterocycles. The number of benzene rings is 1. The third-order valence-electron chi connectivity index (χ3n) is 5.29. The number of nitrogens with two attached hydrogens (primary N) is 1. The molecule has 10 nitrogen and oxygen atoms in total. The number of amides is 3. The predicted molar refractivity (Wildman–Crippen MR) is 119 cm³/mol. The van der Waals surface area contributed by atoms with Crippen molar-refractivity contribution in [2.24, 2.45) is 5.73 Å². The van der Waals surface area contributed by atoms with Crippen molar-refractivity contribution >= 4 is 23.7 Å². The Hall–Kier alpha value is -2.98. The minimum Gasteiger partial charge on any atom is -0.480 e. The van der Waals surface area contributed by atoms with Crippen molar-refractivity contribution in [3.05, 3.63) is 35.9 Å². The lowest BCUT2D eigenvalue weighted by Gasteiger charge is -2.24. The molecule has 3 atom stereocenters. The van der Waals surface area contributed by atoms with E-state index in [-0.39, 0.29) is 18.4 Å². The van der Waals surface area contributed by atoms with E-state index in [2.05, 4.69) is 21.3 Å². The largest absolute Gasteiger partial charge is 0.480 e. The topological polar surface area (TPSA) is 163 Å². The van der Waals surface area contributed by atoms with Gasteiger partial charge in [0.25, 0.3) is 0 Å². The highest BCUT2D eigenvalue weighted by Gasteiger charge is 2.30. The lowest BCUT2D eigenvalue weighted by atomic mass is 10.0. The molecule has 0 bridgehead atoms. The number of hydrogen-bond donors (Lipinski definition) is 6. The Morgan fingerprint density at radius 3 is 2.44 bits per heavy atom. The van der Waals surface area contributed by atoms with Crippen LogP contribution in [-0.4, -0.2) is 66.6 Å². The van der Waals surface area contributed by atoms with Gasteiger partial charge in [0.1, 0.15) is 18.6 Å². The van der Waals surface area contributed by atoms with Crippen LogP contribution in [0.4, 0.5) is 0 Å². The second-order valence-electron chi connectivity index (χ2n) is 7.86. The summed E-state index contributed by atoms with van der Waals surface area (Å²) in [4.78, 5) is 49.1. The molecule has 0 saturated carbocycles. The summed E-state index contributed by atoms with van der Waals surface area (Å²) in [6.45, 7) is 0.676. The fourth-order valence-corrected chi connectivity index (χ4v) is 3.56. The van der Waals surface area contributed by atoms with E-state index < -0.39 is 36.4 Å². The van der Waals surface area contributed by atoms with Crippen molar-refractivity contribution in [2.45, 2.75) is 56.7 Å². The molecular formula is C22H33N5O5. The first-order chi connectivity index (χ1) is 15.4. The maximum Gasteiger partial charge on any atom is 0.322 e. The van der Waals surface area contributed by atoms with Gasteiger partial charge in [-0.3, -0.25) is 19.2 Å². The highest BCUT2D eigenvalue weighted by atomic mass is 16.4. The van der Waals surface area contributed by atoms with Crippen LogP contribution in [0.2, 0.25) is 0 Å². The number of carbonyl (C=O) groups is 4. The van der Waals surface area contributed by atoms with Gasteiger partial charge in [0.2, 0.25) is 17.7 Å². The smallest absolute Gasteiger partial charge is 0.322 e. The fraction of sp³-hybridized carbons (Fsp3) is 0.545. The Morgan fingerprint density at radius 1 is 1.06 bits per heavy atom. The number of hydrogen-bond acceptors (Lipinski definition) is 6. The van der Waals surface area contributed by atoms with E-state index >= 15 is 0 Å². The predicted octanol–water partition coefficient (Wildman–Crippen LogP) is -0.719. The van der Waals surface area contributed by atoms with E-state index in [1.165, 1.54) is 0 Å². The molecule has 32 heavy (non-hydrogen) atoms. The number of nitrogens with one attached hydrogen (secondary N) is 4. The molecule has 1 fully saturated rings. The number of carboxylic acids is 1. The molecule has 1 aliphatic heterocycles. The van der Waals surface area contributed by atoms with Crippen LogP contribution in [0.3, 0.4) is 0 Å². The molecule has 0 spiro atoms. The van der Waals surface area contributed by atoms with Crippen molar-refractivity contribution in [1.29, 1.82) is 0 Å². The SMILES string of the molecule is NCCCCC(NC(=O)C1CCCN1)C(=O)NC(Cc1ccccc1)C(=O)NCC(=O)O. The van der Waals surface area contributed by atoms with Crippen LogP contribution in [0.5, 0.6) is 0 Å². The first-order valence-electron chi connectivity index (χ1n) is 11.0. The standard InChI is InChI=1S/C22H33N5O5/c23-11-5-4-9-17(26-21(31)16-10-6-12-24-16)22(32)27-18(20(30)25-14-19(28)29)13-15-7-2-1-3-8-15/h1-3,7-8,16-18,24H,4-6,9-14,23H2,(H,25,30)(H,26,31)(H,27,32)(H,28,29). The number of carboxylic acid groups (broad SMARTS) is 1. The molecule has 0 aliphatic carbocycles. The molecule has 7 N–H and O–H groups in total. The lowest BCUT2D eigenvalue weighted by Crippen LogP contribution is -2.56. The summed E-state index contributed by atoms with van der Waals surface area (Å²) in [5.41, 5.74) is 6.36. The van der Waals surface area contributed by atoms with Gasteiger partial charge in [-0.15, -0.1) is 0 Å². The molecule has 1 aromatic rings. The lowest BCUT2D eigenvalue weighted by molar-refractivity contribution is -0.138. The van der Waals surface area contributed by atoms with Crippen LogP contribution in [-0.2, 0) is 25.6 Å². The Balaban J connectivity index is 2.09. The van der Waals surface area contributed by atoms with Crippen molar-refractivity contribution in [3.8, 4) is 0 Å². The minimum absolute atomic E-state index is 0.186. The number of aliphatic carboxylic acids is 1. The third kappa shape index (κ3) is 8.64. The van der Waals surface area contributed by atoms with E-state index in [1.54, 1.807) is 0 Å². The molecule has 10 heteroatoms. The molecule has 1 saturated heterocycles. The first-order valence-corrected chi connectivity index (χ1v) is 11.0. The average molecular weight is 448 g/mol. The van der Waals surface area contributed by atoms with Crippen LogP contribution in [0.25, 0.3) is 0 Å². The van der Waals surface area contributed by atoms with Gasteiger partial charge in [-0.2, -0.15) is 0 Å². The summed E-state index contributed by atoms with van der Waals surface area (Å²) in [6.07, 6.45) is 3.51. The van der Waals surface area contributed by atoms with Gasteiger partial charge in [0, 0.05) is 6.42 Å². The van der Waals surface area contributed by atoms with E-state index in [0.717, 1.165) is 18.5 Å². The van der Waals surface area contributed by atoms with Gasteiger partial charge < -0.3 is 32.1 Å². The zero-order valence-electron chi connectivity index (χ0n) is 18.1. The number of carbonyl (C=O) groups excluding carboxylic acids is 3. The normalized spacial score (nSPS) is 17.2. The van der Waals surface area contributed by atoms with E-state index in [9.17, 15) is 19.2 Å². The Labute approximate surface area is 187 Å². The fourth-order valence-electron chi connectivity index (χ4n) is 3.56. The third-order valence-corrected chi connectivity index (χ3v) is 5.29. The molecule has 1 aliphatic rings. The van der Waals surface area contributed by atoms with Crippen molar-refractivity contribution in [1.82, 2.24) is 21.3 Å². The molecule has 0 aromatic heterocycles. The molecule has 3 amide bonds. The van der Waals surface area contributed by atoms with Crippen LogP contribution in [0, 0.1) is 0 Å². The maximum absolute atomic E-state index is 13.1. The van der Waals surface area contributed by atoms with Crippen LogP contribution >= 0.6 is 0 Å². The van der Waals surface area contributed by atoms with Gasteiger partial charge in [-0.05, 0) is 50.8 Å². The van der Waals surface area contributed by atoms with E-state index in [4.69, 9.17) is 10.8 Å². The zero-order chi connectivity index (χ0) is 23.3. The van der Waals surface area contributed by atoms with Crippen LogP contribution in [0.15, 0.2) is 30.3 Å². The van der Waals surface area contributed by atoms with Crippen molar-refractivity contribution in [3.63, 3.8) is 0 Å². The molecule has 1 aromatic carbocycles. The second kappa shape index (κ2) is 13.4. The second-order valence-corrected chi connectivity index (χ2v) is 7.86. The number of unbranched alkanes of at least 4 members (excludes halogenated alkanes) is 1. The van der Waals surface area contributed by atoms with Gasteiger partial charge in [0.05, 0.1) is 6.04 Å². The Morgan fingerprint density at radius 2 is 1.81 bits per heavy atom. The summed E-state index contributed by atoms with van der Waals surface area (Å²) in [7, 11) is 0. The van der Waals surface area contributed by atoms with Crippen molar-refractivity contribution in [2.75, 3.05) is 19.6 Å². The summed E-state index contributed by atoms with van der Waals surface area (Å²) < 4.78 is 0. The highest BCUT2D eigenvalue weighted by molar-refractivity contribution is 5.93. The van der Waals surface area contributed by atoms with Gasteiger partial charge in [0.15, 0.2) is 0 Å². The number of rotatable bonds is 13. The summed E-state index contributed by atoms with van der Waals surface area (Å²) in [5, 5.41) is 19.8. The highest BCUT2D eigenvalue weighted by Crippen LogP contribution is 2.09. The molecule has 3 unspecified atom stereocenters. The quantitative estimate of drug-likeness (QED) is 0.217. The van der Waals surface area contributed by atoms with E-state index in [0.29, 0.717) is 32.2 Å². The van der Waals surface area contributed by atoms with Crippen LogP contribution in [0.1, 0.15) is 37.7 Å². The van der Waals surface area contributed by atoms with Gasteiger partial charge >= 0.3 is 5.97 Å². The monoisotopic (exact) mass is 447 g/mol. The molecule has 176 valence electrons. The first kappa shape index (κ1) is 25.3. The summed E-state index contributed by atoms with van der Waals surface area (Å²) >= 11 is 0. The zero-order valence-corrected chi connectivity index (χ0v) is 18.1. The van der Waals surface area contributed by atoms with Gasteiger partial charge in [-0.1, -0.05) is 30.3 Å². The van der Waals surface area contributed by atoms with Crippen LogP contribution < -0.4 is 27.0 Å². The molecule has 2 rings (SSSR count). The summed E-state index contributed by atoms with van der Waals surface area (Å²) in [5.74, 6) is -2.52. The molecular weight excluding hydrogens is 414 g/mol. The maximum atomic E-state index is 13.1. The van der Waals surface area contributed by atoms with Gasteiger partial charge in [-0.25, -0.2) is 0 Å². The minimum atomic E-state index is -1.18. The average Bonchev–Trinajstić information content (AvgIpc) is 3.32. The Kier molecular flexibility index (Phi) is 10.6. The van der Waals surface area contributed by atoms with E-state index in [1.807, 2.05) is 30.3 Å². The molecule has 0 radical (unpaired) electrons. The Bertz CT molecular complexity index is 767. The summed E-state index contributed by atoms with van der Waals surface area (Å²) in [6, 6.07) is 6.96.